The first-order chi connectivity index (χ1) is 8.42. The molecule has 100 valence electrons. The van der Waals surface area contributed by atoms with Crippen LogP contribution in [0.4, 0.5) is 5.82 Å². The molecule has 0 spiro atoms. The second-order valence-electron chi connectivity index (χ2n) is 4.60. The van der Waals surface area contributed by atoms with Crippen LogP contribution in [0.1, 0.15) is 19.5 Å². The molecule has 5 nitrogen and oxygen atoms in total. The van der Waals surface area contributed by atoms with E-state index in [1.807, 2.05) is 38.8 Å². The van der Waals surface area contributed by atoms with E-state index in [0.29, 0.717) is 6.54 Å². The summed E-state index contributed by atoms with van der Waals surface area (Å²) in [6, 6.07) is 1.85. The standard InChI is InChI=1S/C13H22N4O/c1-6-17(8-10(2)3)9-13(18)14-12-7-11(4)15-16(12)5/h7H,2,6,8-9H2,1,3-5H3,(H,14,18). The number of nitrogens with one attached hydrogen (secondary N) is 1. The summed E-state index contributed by atoms with van der Waals surface area (Å²) in [4.78, 5) is 13.9. The monoisotopic (exact) mass is 250 g/mol. The second kappa shape index (κ2) is 6.35. The third-order valence-corrected chi connectivity index (χ3v) is 2.58. The summed E-state index contributed by atoms with van der Waals surface area (Å²) >= 11 is 0. The fraction of sp³-hybridized carbons (Fsp3) is 0.538. The van der Waals surface area contributed by atoms with Crippen LogP contribution >= 0.6 is 0 Å². The van der Waals surface area contributed by atoms with Gasteiger partial charge in [0, 0.05) is 19.7 Å². The van der Waals surface area contributed by atoms with Gasteiger partial charge in [-0.1, -0.05) is 19.1 Å². The maximum Gasteiger partial charge on any atom is 0.239 e. The fourth-order valence-electron chi connectivity index (χ4n) is 1.77. The van der Waals surface area contributed by atoms with Crippen LogP contribution in [0.25, 0.3) is 0 Å². The molecule has 0 aliphatic carbocycles. The number of aryl methyl sites for hydroxylation is 2. The van der Waals surface area contributed by atoms with Crippen LogP contribution in [0.2, 0.25) is 0 Å². The van der Waals surface area contributed by atoms with Crippen molar-refractivity contribution in [1.29, 1.82) is 0 Å². The Morgan fingerprint density at radius 3 is 2.67 bits per heavy atom. The average molecular weight is 250 g/mol. The number of anilines is 1. The lowest BCUT2D eigenvalue weighted by atomic mass is 10.3. The number of likely N-dealkylation sites (N-methyl/N-ethyl adjacent to an activating group) is 1. The molecule has 0 aliphatic heterocycles. The van der Waals surface area contributed by atoms with Gasteiger partial charge >= 0.3 is 0 Å². The highest BCUT2D eigenvalue weighted by molar-refractivity contribution is 5.91. The Morgan fingerprint density at radius 1 is 1.56 bits per heavy atom. The highest BCUT2D eigenvalue weighted by Gasteiger charge is 2.11. The van der Waals surface area contributed by atoms with E-state index in [4.69, 9.17) is 0 Å². The molecule has 0 unspecified atom stereocenters. The molecular weight excluding hydrogens is 228 g/mol. The average Bonchev–Trinajstić information content (AvgIpc) is 2.55. The molecule has 1 aromatic rings. The van der Waals surface area contributed by atoms with Gasteiger partial charge in [0.15, 0.2) is 0 Å². The summed E-state index contributed by atoms with van der Waals surface area (Å²) in [6.07, 6.45) is 0. The van der Waals surface area contributed by atoms with Crippen LogP contribution in [0.3, 0.4) is 0 Å². The van der Waals surface area contributed by atoms with Gasteiger partial charge in [-0.15, -0.1) is 0 Å². The largest absolute Gasteiger partial charge is 0.310 e. The van der Waals surface area contributed by atoms with Gasteiger partial charge in [-0.05, 0) is 20.4 Å². The van der Waals surface area contributed by atoms with Crippen molar-refractivity contribution in [2.24, 2.45) is 7.05 Å². The highest BCUT2D eigenvalue weighted by Crippen LogP contribution is 2.08. The van der Waals surface area contributed by atoms with Crippen molar-refractivity contribution in [3.63, 3.8) is 0 Å². The number of hydrogen-bond acceptors (Lipinski definition) is 3. The summed E-state index contributed by atoms with van der Waals surface area (Å²) in [5, 5.41) is 7.05. The minimum Gasteiger partial charge on any atom is -0.310 e. The van der Waals surface area contributed by atoms with E-state index in [1.165, 1.54) is 0 Å². The van der Waals surface area contributed by atoms with E-state index < -0.39 is 0 Å². The van der Waals surface area contributed by atoms with Crippen LogP contribution in [-0.2, 0) is 11.8 Å². The van der Waals surface area contributed by atoms with Crippen LogP contribution < -0.4 is 5.32 Å². The number of hydrogen-bond donors (Lipinski definition) is 1. The molecule has 1 heterocycles. The highest BCUT2D eigenvalue weighted by atomic mass is 16.2. The second-order valence-corrected chi connectivity index (χ2v) is 4.60. The minimum absolute atomic E-state index is 0.0268. The first-order valence-electron chi connectivity index (χ1n) is 6.09. The van der Waals surface area contributed by atoms with Crippen molar-refractivity contribution < 1.29 is 4.79 Å². The molecule has 0 atom stereocenters. The topological polar surface area (TPSA) is 50.2 Å². The number of carbonyl (C=O) groups excluding carboxylic acids is 1. The number of nitrogens with zero attached hydrogens (tertiary/aromatic N) is 3. The third kappa shape index (κ3) is 4.33. The molecule has 1 N–H and O–H groups in total. The summed E-state index contributed by atoms with van der Waals surface area (Å²) in [5.74, 6) is 0.699. The maximum atomic E-state index is 11.9. The zero-order valence-corrected chi connectivity index (χ0v) is 11.7. The zero-order chi connectivity index (χ0) is 13.7. The molecule has 0 radical (unpaired) electrons. The van der Waals surface area contributed by atoms with Gasteiger partial charge in [-0.25, -0.2) is 0 Å². The van der Waals surface area contributed by atoms with Crippen molar-refractivity contribution in [2.45, 2.75) is 20.8 Å². The van der Waals surface area contributed by atoms with Crippen molar-refractivity contribution in [2.75, 3.05) is 25.0 Å². The fourth-order valence-corrected chi connectivity index (χ4v) is 1.77. The molecule has 1 rings (SSSR count). The van der Waals surface area contributed by atoms with Gasteiger partial charge in [0.25, 0.3) is 0 Å². The summed E-state index contributed by atoms with van der Waals surface area (Å²) in [5.41, 5.74) is 1.95. The van der Waals surface area contributed by atoms with E-state index in [-0.39, 0.29) is 5.91 Å². The Balaban J connectivity index is 2.55. The van der Waals surface area contributed by atoms with Crippen molar-refractivity contribution in [3.05, 3.63) is 23.9 Å². The Kier molecular flexibility index (Phi) is 5.09. The smallest absolute Gasteiger partial charge is 0.239 e. The molecular formula is C13H22N4O. The predicted molar refractivity (Wildman–Crippen MR) is 73.5 cm³/mol. The van der Waals surface area contributed by atoms with Gasteiger partial charge in [-0.2, -0.15) is 5.10 Å². The van der Waals surface area contributed by atoms with E-state index in [1.54, 1.807) is 4.68 Å². The molecule has 0 saturated heterocycles. The Bertz CT molecular complexity index is 436. The van der Waals surface area contributed by atoms with E-state index in [2.05, 4.69) is 17.0 Å². The SMILES string of the molecule is C=C(C)CN(CC)CC(=O)Nc1cc(C)nn1C. The molecule has 0 aliphatic rings. The number of carbonyl (C=O) groups is 1. The molecule has 5 heteroatoms. The van der Waals surface area contributed by atoms with E-state index in [0.717, 1.165) is 30.2 Å². The van der Waals surface area contributed by atoms with Gasteiger partial charge in [0.2, 0.25) is 5.91 Å². The molecule has 0 saturated carbocycles. The normalized spacial score (nSPS) is 10.7. The number of aromatic nitrogens is 2. The van der Waals surface area contributed by atoms with E-state index in [9.17, 15) is 4.79 Å². The quantitative estimate of drug-likeness (QED) is 0.780. The Morgan fingerprint density at radius 2 is 2.22 bits per heavy atom. The summed E-state index contributed by atoms with van der Waals surface area (Å²) in [7, 11) is 1.81. The van der Waals surface area contributed by atoms with Crippen LogP contribution in [0, 0.1) is 6.92 Å². The van der Waals surface area contributed by atoms with Gasteiger partial charge in [0.1, 0.15) is 5.82 Å². The van der Waals surface area contributed by atoms with Gasteiger partial charge in [-0.3, -0.25) is 14.4 Å². The molecule has 0 fully saturated rings. The van der Waals surface area contributed by atoms with E-state index >= 15 is 0 Å². The zero-order valence-electron chi connectivity index (χ0n) is 11.7. The summed E-state index contributed by atoms with van der Waals surface area (Å²) < 4.78 is 1.67. The lowest BCUT2D eigenvalue weighted by molar-refractivity contribution is -0.117. The summed E-state index contributed by atoms with van der Waals surface area (Å²) in [6.45, 7) is 11.7. The molecule has 1 amide bonds. The number of rotatable bonds is 6. The van der Waals surface area contributed by atoms with Crippen LogP contribution in [0.5, 0.6) is 0 Å². The van der Waals surface area contributed by atoms with Gasteiger partial charge < -0.3 is 5.32 Å². The predicted octanol–water partition coefficient (Wildman–Crippen LogP) is 1.57. The first kappa shape index (κ1) is 14.4. The molecule has 0 bridgehead atoms. The first-order valence-corrected chi connectivity index (χ1v) is 6.09. The molecule has 1 aromatic heterocycles. The van der Waals surface area contributed by atoms with Gasteiger partial charge in [0.05, 0.1) is 12.2 Å². The Hall–Kier alpha value is -1.62. The number of amides is 1. The third-order valence-electron chi connectivity index (χ3n) is 2.58. The van der Waals surface area contributed by atoms with Crippen molar-refractivity contribution in [3.8, 4) is 0 Å². The van der Waals surface area contributed by atoms with Crippen LogP contribution in [0.15, 0.2) is 18.2 Å². The van der Waals surface area contributed by atoms with Crippen LogP contribution in [-0.4, -0.2) is 40.2 Å². The Labute approximate surface area is 108 Å². The molecule has 18 heavy (non-hydrogen) atoms. The minimum atomic E-state index is -0.0268. The lowest BCUT2D eigenvalue weighted by Gasteiger charge is -2.19. The van der Waals surface area contributed by atoms with Crippen molar-refractivity contribution >= 4 is 11.7 Å². The lowest BCUT2D eigenvalue weighted by Crippen LogP contribution is -2.34. The molecule has 0 aromatic carbocycles. The maximum absolute atomic E-state index is 11.9. The van der Waals surface area contributed by atoms with Crippen molar-refractivity contribution in [1.82, 2.24) is 14.7 Å².